The summed E-state index contributed by atoms with van der Waals surface area (Å²) >= 11 is 0. The van der Waals surface area contributed by atoms with Gasteiger partial charge in [0.1, 0.15) is 11.8 Å². The molecule has 1 aromatic carbocycles. The zero-order valence-corrected chi connectivity index (χ0v) is 11.0. The average Bonchev–Trinajstić information content (AvgIpc) is 2.41. The summed E-state index contributed by atoms with van der Waals surface area (Å²) in [5, 5.41) is 2.87. The van der Waals surface area contributed by atoms with E-state index < -0.39 is 6.04 Å². The van der Waals surface area contributed by atoms with E-state index in [1.165, 1.54) is 6.92 Å². The van der Waals surface area contributed by atoms with Gasteiger partial charge in [-0.05, 0) is 23.3 Å². The van der Waals surface area contributed by atoms with Crippen molar-refractivity contribution < 1.29 is 14.3 Å². The lowest BCUT2D eigenvalue weighted by Crippen LogP contribution is -2.61. The highest BCUT2D eigenvalue weighted by molar-refractivity contribution is 5.89. The van der Waals surface area contributed by atoms with Crippen molar-refractivity contribution >= 4 is 11.8 Å². The van der Waals surface area contributed by atoms with Crippen molar-refractivity contribution in [3.63, 3.8) is 0 Å². The van der Waals surface area contributed by atoms with Crippen LogP contribution in [0.5, 0.6) is 5.75 Å². The smallest absolute Gasteiger partial charge is 0.243 e. The van der Waals surface area contributed by atoms with Gasteiger partial charge in [0.2, 0.25) is 11.8 Å². The van der Waals surface area contributed by atoms with Crippen LogP contribution < -0.4 is 10.1 Å². The highest BCUT2D eigenvalue weighted by Gasteiger charge is 2.43. The molecule has 19 heavy (non-hydrogen) atoms. The van der Waals surface area contributed by atoms with Crippen LogP contribution in [0.3, 0.4) is 0 Å². The lowest BCUT2D eigenvalue weighted by molar-refractivity contribution is -0.146. The van der Waals surface area contributed by atoms with Gasteiger partial charge in [-0.15, -0.1) is 0 Å². The van der Waals surface area contributed by atoms with Crippen LogP contribution in [-0.4, -0.2) is 36.4 Å². The standard InChI is InChI=1S/C14H16N2O3/c1-8(17)16-12-6-9-5-10(19-2)3-4-11(9)13(16)7-15-14(12)18/h3-5,12-13H,6-7H2,1-2H3,(H,15,18). The molecule has 2 heterocycles. The third kappa shape index (κ3) is 1.77. The molecule has 5 nitrogen and oxygen atoms in total. The van der Waals surface area contributed by atoms with Gasteiger partial charge in [0.05, 0.1) is 13.2 Å². The monoisotopic (exact) mass is 260 g/mol. The molecule has 1 fully saturated rings. The Morgan fingerprint density at radius 3 is 2.89 bits per heavy atom. The molecule has 0 aromatic heterocycles. The third-order valence-electron chi connectivity index (χ3n) is 3.93. The van der Waals surface area contributed by atoms with E-state index in [2.05, 4.69) is 5.32 Å². The van der Waals surface area contributed by atoms with Crippen LogP contribution in [-0.2, 0) is 16.0 Å². The Morgan fingerprint density at radius 2 is 2.21 bits per heavy atom. The maximum Gasteiger partial charge on any atom is 0.243 e. The van der Waals surface area contributed by atoms with Crippen LogP contribution in [0.25, 0.3) is 0 Å². The van der Waals surface area contributed by atoms with Crippen molar-refractivity contribution in [1.82, 2.24) is 10.2 Å². The van der Waals surface area contributed by atoms with Crippen molar-refractivity contribution in [3.05, 3.63) is 29.3 Å². The quantitative estimate of drug-likeness (QED) is 0.806. The number of hydrogen-bond donors (Lipinski definition) is 1. The molecule has 0 radical (unpaired) electrons. The summed E-state index contributed by atoms with van der Waals surface area (Å²) in [7, 11) is 1.62. The van der Waals surface area contributed by atoms with Crippen LogP contribution in [0.4, 0.5) is 0 Å². The topological polar surface area (TPSA) is 58.6 Å². The molecule has 2 aliphatic rings. The number of amides is 2. The van der Waals surface area contributed by atoms with Gasteiger partial charge in [0.25, 0.3) is 0 Å². The summed E-state index contributed by atoms with van der Waals surface area (Å²) in [5.74, 6) is 0.666. The van der Waals surface area contributed by atoms with Gasteiger partial charge < -0.3 is 15.0 Å². The molecule has 1 N–H and O–H groups in total. The van der Waals surface area contributed by atoms with Gasteiger partial charge in [-0.25, -0.2) is 0 Å². The predicted molar refractivity (Wildman–Crippen MR) is 68.8 cm³/mol. The first-order valence-corrected chi connectivity index (χ1v) is 6.35. The highest BCUT2D eigenvalue weighted by atomic mass is 16.5. The third-order valence-corrected chi connectivity index (χ3v) is 3.93. The van der Waals surface area contributed by atoms with E-state index in [0.29, 0.717) is 13.0 Å². The predicted octanol–water partition coefficient (Wildman–Crippen LogP) is 0.639. The summed E-state index contributed by atoms with van der Waals surface area (Å²) in [5.41, 5.74) is 2.20. The Hall–Kier alpha value is -2.04. The number of carbonyl (C=O) groups excluding carboxylic acids is 2. The summed E-state index contributed by atoms with van der Waals surface area (Å²) < 4.78 is 5.22. The fourth-order valence-electron chi connectivity index (χ4n) is 3.07. The number of ether oxygens (including phenoxy) is 1. The van der Waals surface area contributed by atoms with E-state index >= 15 is 0 Å². The fourth-order valence-corrected chi connectivity index (χ4v) is 3.07. The molecule has 0 spiro atoms. The zero-order chi connectivity index (χ0) is 13.6. The summed E-state index contributed by atoms with van der Waals surface area (Å²) in [6.45, 7) is 2.00. The Balaban J connectivity index is 2.09. The highest BCUT2D eigenvalue weighted by Crippen LogP contribution is 2.36. The molecule has 0 saturated carbocycles. The number of carbonyl (C=O) groups is 2. The normalized spacial score (nSPS) is 24.5. The van der Waals surface area contributed by atoms with Crippen molar-refractivity contribution in [1.29, 1.82) is 0 Å². The van der Waals surface area contributed by atoms with E-state index in [9.17, 15) is 9.59 Å². The number of rotatable bonds is 1. The minimum atomic E-state index is -0.393. The van der Waals surface area contributed by atoms with Crippen LogP contribution in [0.2, 0.25) is 0 Å². The molecule has 2 bridgehead atoms. The Kier molecular flexibility index (Phi) is 2.69. The van der Waals surface area contributed by atoms with Crippen molar-refractivity contribution in [2.75, 3.05) is 13.7 Å². The van der Waals surface area contributed by atoms with Crippen LogP contribution in [0.1, 0.15) is 24.1 Å². The maximum absolute atomic E-state index is 11.9. The first-order chi connectivity index (χ1) is 9.11. The average molecular weight is 260 g/mol. The number of hydrogen-bond acceptors (Lipinski definition) is 3. The number of fused-ring (bicyclic) bond motifs is 4. The minimum absolute atomic E-state index is 0.0497. The van der Waals surface area contributed by atoms with Crippen molar-refractivity contribution in [2.45, 2.75) is 25.4 Å². The Bertz CT molecular complexity index is 556. The number of benzene rings is 1. The maximum atomic E-state index is 11.9. The lowest BCUT2D eigenvalue weighted by Gasteiger charge is -2.45. The largest absolute Gasteiger partial charge is 0.497 e. The molecule has 5 heteroatoms. The second-order valence-corrected chi connectivity index (χ2v) is 4.97. The first kappa shape index (κ1) is 12.0. The molecule has 0 aliphatic carbocycles. The number of nitrogens with one attached hydrogen (secondary N) is 1. The van der Waals surface area contributed by atoms with Crippen LogP contribution >= 0.6 is 0 Å². The van der Waals surface area contributed by atoms with E-state index in [1.54, 1.807) is 12.0 Å². The molecule has 100 valence electrons. The van der Waals surface area contributed by atoms with Gasteiger partial charge in [0.15, 0.2) is 0 Å². The number of methoxy groups -OCH3 is 1. The van der Waals surface area contributed by atoms with Crippen molar-refractivity contribution in [2.24, 2.45) is 0 Å². The molecule has 2 atom stereocenters. The molecule has 2 aliphatic heterocycles. The second-order valence-electron chi connectivity index (χ2n) is 4.97. The summed E-state index contributed by atoms with van der Waals surface area (Å²) in [6, 6.07) is 5.40. The molecule has 1 aromatic rings. The van der Waals surface area contributed by atoms with Crippen LogP contribution in [0, 0.1) is 0 Å². The molecule has 1 saturated heterocycles. The number of nitrogens with zero attached hydrogens (tertiary/aromatic N) is 1. The van der Waals surface area contributed by atoms with Gasteiger partial charge in [-0.2, -0.15) is 0 Å². The first-order valence-electron chi connectivity index (χ1n) is 6.35. The van der Waals surface area contributed by atoms with E-state index in [-0.39, 0.29) is 17.9 Å². The minimum Gasteiger partial charge on any atom is -0.497 e. The van der Waals surface area contributed by atoms with Crippen molar-refractivity contribution in [3.8, 4) is 5.75 Å². The van der Waals surface area contributed by atoms with E-state index in [0.717, 1.165) is 16.9 Å². The van der Waals surface area contributed by atoms with Gasteiger partial charge in [0, 0.05) is 19.9 Å². The lowest BCUT2D eigenvalue weighted by atomic mass is 9.85. The molecular formula is C14H16N2O3. The Morgan fingerprint density at radius 1 is 1.42 bits per heavy atom. The number of piperazine rings is 1. The van der Waals surface area contributed by atoms with Crippen LogP contribution in [0.15, 0.2) is 18.2 Å². The second kappa shape index (κ2) is 4.26. The van der Waals surface area contributed by atoms with Gasteiger partial charge in [-0.3, -0.25) is 9.59 Å². The molecule has 2 amide bonds. The van der Waals surface area contributed by atoms with E-state index in [4.69, 9.17) is 4.74 Å². The summed E-state index contributed by atoms with van der Waals surface area (Å²) in [6.07, 6.45) is 0.550. The Labute approximate surface area is 111 Å². The van der Waals surface area contributed by atoms with Gasteiger partial charge >= 0.3 is 0 Å². The molecular weight excluding hydrogens is 244 g/mol. The SMILES string of the molecule is COc1ccc2c(c1)CC1C(=O)NCC2N1C(C)=O. The molecule has 3 rings (SSSR count). The van der Waals surface area contributed by atoms with Gasteiger partial charge in [-0.1, -0.05) is 6.07 Å². The fraction of sp³-hybridized carbons (Fsp3) is 0.429. The molecule has 2 unspecified atom stereocenters. The van der Waals surface area contributed by atoms with E-state index in [1.807, 2.05) is 18.2 Å². The summed E-state index contributed by atoms with van der Waals surface area (Å²) in [4.78, 5) is 25.5. The zero-order valence-electron chi connectivity index (χ0n) is 11.0.